The lowest BCUT2D eigenvalue weighted by Crippen LogP contribution is -2.15. The molecule has 0 atom stereocenters. The van der Waals surface area contributed by atoms with E-state index in [2.05, 4.69) is 5.32 Å². The first-order chi connectivity index (χ1) is 14.4. The lowest BCUT2D eigenvalue weighted by molar-refractivity contribution is 0.0508. The first kappa shape index (κ1) is 22.2. The molecule has 2 aromatic carbocycles. The average molecular weight is 464 g/mol. The van der Waals surface area contributed by atoms with Gasteiger partial charge in [-0.25, -0.2) is 4.79 Å². The van der Waals surface area contributed by atoms with Gasteiger partial charge in [-0.2, -0.15) is 0 Å². The molecule has 0 fully saturated rings. The number of hydrogen-bond donors (Lipinski definition) is 1. The molecule has 156 valence electrons. The Labute approximate surface area is 188 Å². The molecule has 0 saturated carbocycles. The Kier molecular flexibility index (Phi) is 7.37. The van der Waals surface area contributed by atoms with Crippen molar-refractivity contribution in [3.05, 3.63) is 69.0 Å². The molecule has 1 aromatic heterocycles. The second-order valence-corrected chi connectivity index (χ2v) is 8.02. The smallest absolute Gasteiger partial charge is 0.341 e. The number of esters is 1. The summed E-state index contributed by atoms with van der Waals surface area (Å²) < 4.78 is 10.6. The number of rotatable bonds is 7. The van der Waals surface area contributed by atoms with Crippen LogP contribution in [0.15, 0.2) is 47.8 Å². The topological polar surface area (TPSA) is 64.6 Å². The molecule has 1 heterocycles. The number of nitrogens with one attached hydrogen (secondary N) is 1. The third-order valence-electron chi connectivity index (χ3n) is 4.24. The van der Waals surface area contributed by atoms with Gasteiger partial charge in [-0.05, 0) is 42.3 Å². The highest BCUT2D eigenvalue weighted by Crippen LogP contribution is 2.37. The number of amides is 1. The molecule has 0 spiro atoms. The molecule has 8 heteroatoms. The normalized spacial score (nSPS) is 10.5. The zero-order chi connectivity index (χ0) is 21.7. The Hall–Kier alpha value is -2.54. The molecule has 0 aliphatic heterocycles. The number of halogens is 2. The maximum absolute atomic E-state index is 12.8. The largest absolute Gasteiger partial charge is 0.497 e. The second kappa shape index (κ2) is 9.98. The van der Waals surface area contributed by atoms with E-state index in [1.165, 1.54) is 23.5 Å². The molecule has 0 bridgehead atoms. The van der Waals surface area contributed by atoms with Crippen LogP contribution in [-0.4, -0.2) is 25.6 Å². The number of anilines is 1. The van der Waals surface area contributed by atoms with Gasteiger partial charge in [-0.1, -0.05) is 42.3 Å². The quantitative estimate of drug-likeness (QED) is 0.403. The molecular weight excluding hydrogens is 445 g/mol. The molecule has 1 amide bonds. The van der Waals surface area contributed by atoms with Crippen LogP contribution < -0.4 is 10.1 Å². The van der Waals surface area contributed by atoms with Crippen LogP contribution in [-0.2, 0) is 4.74 Å². The molecule has 0 saturated heterocycles. The Morgan fingerprint density at radius 2 is 1.83 bits per heavy atom. The summed E-state index contributed by atoms with van der Waals surface area (Å²) in [5, 5.41) is 5.63. The van der Waals surface area contributed by atoms with E-state index in [1.54, 1.807) is 25.3 Å². The summed E-state index contributed by atoms with van der Waals surface area (Å²) in [5.74, 6) is -0.235. The van der Waals surface area contributed by atoms with Gasteiger partial charge < -0.3 is 14.8 Å². The molecule has 5 nitrogen and oxygen atoms in total. The third kappa shape index (κ3) is 4.95. The fourth-order valence-electron chi connectivity index (χ4n) is 2.75. The average Bonchev–Trinajstić information content (AvgIpc) is 3.15. The predicted molar refractivity (Wildman–Crippen MR) is 121 cm³/mol. The monoisotopic (exact) mass is 463 g/mol. The van der Waals surface area contributed by atoms with Crippen molar-refractivity contribution in [1.29, 1.82) is 0 Å². The van der Waals surface area contributed by atoms with Crippen molar-refractivity contribution >= 4 is 51.4 Å². The van der Waals surface area contributed by atoms with Crippen LogP contribution in [0.1, 0.15) is 34.1 Å². The summed E-state index contributed by atoms with van der Waals surface area (Å²) in [6.45, 7) is 2.20. The lowest BCUT2D eigenvalue weighted by atomic mass is 10.0. The van der Waals surface area contributed by atoms with E-state index >= 15 is 0 Å². The highest BCUT2D eigenvalue weighted by atomic mass is 35.5. The Morgan fingerprint density at radius 1 is 1.10 bits per heavy atom. The minimum absolute atomic E-state index is 0.224. The maximum atomic E-state index is 12.8. The first-order valence-corrected chi connectivity index (χ1v) is 10.8. The van der Waals surface area contributed by atoms with Gasteiger partial charge in [0.15, 0.2) is 0 Å². The van der Waals surface area contributed by atoms with Crippen LogP contribution in [0.25, 0.3) is 11.1 Å². The molecule has 3 rings (SSSR count). The Bertz CT molecular complexity index is 1060. The fourth-order valence-corrected chi connectivity index (χ4v) is 4.19. The second-order valence-electron chi connectivity index (χ2n) is 6.30. The molecule has 0 radical (unpaired) electrons. The van der Waals surface area contributed by atoms with Crippen molar-refractivity contribution in [1.82, 2.24) is 0 Å². The molecule has 1 N–H and O–H groups in total. The summed E-state index contributed by atoms with van der Waals surface area (Å²) in [7, 11) is 1.59. The maximum Gasteiger partial charge on any atom is 0.341 e. The summed E-state index contributed by atoms with van der Waals surface area (Å²) >= 11 is 13.3. The zero-order valence-corrected chi connectivity index (χ0v) is 18.7. The number of benzene rings is 2. The lowest BCUT2D eigenvalue weighted by Gasteiger charge is -2.10. The minimum Gasteiger partial charge on any atom is -0.497 e. The van der Waals surface area contributed by atoms with Gasteiger partial charge >= 0.3 is 5.97 Å². The van der Waals surface area contributed by atoms with Crippen LogP contribution in [0.5, 0.6) is 5.75 Å². The van der Waals surface area contributed by atoms with Crippen molar-refractivity contribution in [3.8, 4) is 16.9 Å². The Balaban J connectivity index is 1.97. The van der Waals surface area contributed by atoms with Crippen molar-refractivity contribution in [2.24, 2.45) is 0 Å². The number of ether oxygens (including phenoxy) is 2. The van der Waals surface area contributed by atoms with Gasteiger partial charge in [0.2, 0.25) is 0 Å². The van der Waals surface area contributed by atoms with Crippen LogP contribution >= 0.6 is 34.5 Å². The van der Waals surface area contributed by atoms with E-state index in [1.807, 2.05) is 24.4 Å². The summed E-state index contributed by atoms with van der Waals surface area (Å²) in [5.41, 5.74) is 2.03. The van der Waals surface area contributed by atoms with E-state index in [9.17, 15) is 9.59 Å². The van der Waals surface area contributed by atoms with Crippen LogP contribution in [0.3, 0.4) is 0 Å². The highest BCUT2D eigenvalue weighted by molar-refractivity contribution is 7.15. The molecule has 3 aromatic rings. The molecule has 0 aliphatic carbocycles. The number of hydrogen-bond acceptors (Lipinski definition) is 5. The fraction of sp³-hybridized carbons (Fsp3) is 0.182. The van der Waals surface area contributed by atoms with Gasteiger partial charge in [-0.3, -0.25) is 4.79 Å². The van der Waals surface area contributed by atoms with Gasteiger partial charge in [0.25, 0.3) is 5.91 Å². The van der Waals surface area contributed by atoms with Crippen LogP contribution in [0.4, 0.5) is 5.00 Å². The van der Waals surface area contributed by atoms with Crippen molar-refractivity contribution in [3.63, 3.8) is 0 Å². The standard InChI is InChI=1S/C22H19Cl2NO4S/c1-3-10-29-22(27)19-17(13-4-7-15(28-2)8-5-13)12-30-21(19)25-20(26)16-9-6-14(23)11-18(16)24/h4-9,11-12H,3,10H2,1-2H3,(H,25,26). The van der Waals surface area contributed by atoms with Gasteiger partial charge in [0, 0.05) is 16.0 Å². The van der Waals surface area contributed by atoms with Gasteiger partial charge in [0.1, 0.15) is 16.3 Å². The number of methoxy groups -OCH3 is 1. The van der Waals surface area contributed by atoms with Gasteiger partial charge in [-0.15, -0.1) is 11.3 Å². The molecule has 0 unspecified atom stereocenters. The number of carbonyl (C=O) groups is 2. The van der Waals surface area contributed by atoms with E-state index < -0.39 is 11.9 Å². The summed E-state index contributed by atoms with van der Waals surface area (Å²) in [6, 6.07) is 11.9. The third-order valence-corrected chi connectivity index (χ3v) is 5.68. The summed E-state index contributed by atoms with van der Waals surface area (Å²) in [6.07, 6.45) is 0.690. The van der Waals surface area contributed by atoms with Crippen molar-refractivity contribution in [2.75, 3.05) is 19.0 Å². The molecule has 30 heavy (non-hydrogen) atoms. The number of carbonyl (C=O) groups excluding carboxylic acids is 2. The van der Waals surface area contributed by atoms with E-state index in [0.29, 0.717) is 33.3 Å². The van der Waals surface area contributed by atoms with Gasteiger partial charge in [0.05, 0.1) is 24.3 Å². The number of thiophene rings is 1. The minimum atomic E-state index is -0.499. The van der Waals surface area contributed by atoms with E-state index in [-0.39, 0.29) is 17.2 Å². The van der Waals surface area contributed by atoms with Crippen LogP contribution in [0, 0.1) is 0 Å². The van der Waals surface area contributed by atoms with E-state index in [0.717, 1.165) is 5.56 Å². The zero-order valence-electron chi connectivity index (χ0n) is 16.3. The predicted octanol–water partition coefficient (Wildman–Crippen LogP) is 6.55. The van der Waals surface area contributed by atoms with Crippen LogP contribution in [0.2, 0.25) is 10.0 Å². The summed E-state index contributed by atoms with van der Waals surface area (Å²) in [4.78, 5) is 25.6. The molecular formula is C22H19Cl2NO4S. The van der Waals surface area contributed by atoms with E-state index in [4.69, 9.17) is 32.7 Å². The SMILES string of the molecule is CCCOC(=O)c1c(-c2ccc(OC)cc2)csc1NC(=O)c1ccc(Cl)cc1Cl. The Morgan fingerprint density at radius 3 is 2.47 bits per heavy atom. The first-order valence-electron chi connectivity index (χ1n) is 9.14. The molecule has 0 aliphatic rings. The van der Waals surface area contributed by atoms with Crippen molar-refractivity contribution < 1.29 is 19.1 Å². The van der Waals surface area contributed by atoms with Crippen molar-refractivity contribution in [2.45, 2.75) is 13.3 Å². The highest BCUT2D eigenvalue weighted by Gasteiger charge is 2.24.